The average molecular weight is 274 g/mol. The van der Waals surface area contributed by atoms with Crippen LogP contribution in [0.2, 0.25) is 0 Å². The standard InChI is InChI=1S/C16H19FN2O/c1-4-15-14(7-11(3)18-19-15)16(20)9-12-8-13(17)6-5-10(12)2/h5-8,16,20H,4,9H2,1-3H3. The number of rotatable bonds is 4. The van der Waals surface area contributed by atoms with Crippen LogP contribution in [-0.4, -0.2) is 15.3 Å². The molecule has 0 fully saturated rings. The zero-order valence-electron chi connectivity index (χ0n) is 12.0. The molecule has 0 bridgehead atoms. The monoisotopic (exact) mass is 274 g/mol. The van der Waals surface area contributed by atoms with Crippen LogP contribution >= 0.6 is 0 Å². The predicted molar refractivity (Wildman–Crippen MR) is 75.9 cm³/mol. The maximum atomic E-state index is 13.3. The number of aliphatic hydroxyl groups is 1. The van der Waals surface area contributed by atoms with E-state index in [1.807, 2.05) is 26.8 Å². The zero-order valence-corrected chi connectivity index (χ0v) is 12.0. The fourth-order valence-electron chi connectivity index (χ4n) is 2.28. The minimum atomic E-state index is -0.695. The number of halogens is 1. The van der Waals surface area contributed by atoms with E-state index in [1.165, 1.54) is 12.1 Å². The van der Waals surface area contributed by atoms with Crippen molar-refractivity contribution in [1.82, 2.24) is 10.2 Å². The predicted octanol–water partition coefficient (Wildman–Crippen LogP) is 3.07. The van der Waals surface area contributed by atoms with Crippen LogP contribution in [0.4, 0.5) is 4.39 Å². The molecule has 0 aliphatic carbocycles. The van der Waals surface area contributed by atoms with E-state index in [9.17, 15) is 9.50 Å². The van der Waals surface area contributed by atoms with Gasteiger partial charge in [-0.1, -0.05) is 13.0 Å². The maximum absolute atomic E-state index is 13.3. The Hall–Kier alpha value is -1.81. The van der Waals surface area contributed by atoms with E-state index in [0.717, 1.165) is 28.1 Å². The van der Waals surface area contributed by atoms with Crippen LogP contribution in [0.25, 0.3) is 0 Å². The van der Waals surface area contributed by atoms with Gasteiger partial charge in [0.1, 0.15) is 5.82 Å². The number of benzene rings is 1. The molecule has 1 aromatic heterocycles. The summed E-state index contributed by atoms with van der Waals surface area (Å²) < 4.78 is 13.3. The van der Waals surface area contributed by atoms with Gasteiger partial charge >= 0.3 is 0 Å². The molecule has 0 aliphatic rings. The Balaban J connectivity index is 2.30. The molecule has 0 saturated carbocycles. The number of aliphatic hydroxyl groups excluding tert-OH is 1. The van der Waals surface area contributed by atoms with E-state index < -0.39 is 6.10 Å². The third kappa shape index (κ3) is 3.20. The van der Waals surface area contributed by atoms with Crippen molar-refractivity contribution in [2.75, 3.05) is 0 Å². The van der Waals surface area contributed by atoms with Gasteiger partial charge in [0.25, 0.3) is 0 Å². The summed E-state index contributed by atoms with van der Waals surface area (Å²) in [6.07, 6.45) is 0.392. The number of hydrogen-bond acceptors (Lipinski definition) is 3. The highest BCUT2D eigenvalue weighted by Crippen LogP contribution is 2.23. The van der Waals surface area contributed by atoms with Gasteiger partial charge in [-0.15, -0.1) is 0 Å². The molecule has 2 aromatic rings. The lowest BCUT2D eigenvalue weighted by Gasteiger charge is -2.15. The average Bonchev–Trinajstić information content (AvgIpc) is 2.42. The van der Waals surface area contributed by atoms with Crippen LogP contribution in [0, 0.1) is 19.7 Å². The molecule has 0 radical (unpaired) electrons. The first-order valence-corrected chi connectivity index (χ1v) is 6.77. The van der Waals surface area contributed by atoms with Crippen LogP contribution in [0.1, 0.15) is 41.1 Å². The number of aryl methyl sites for hydroxylation is 3. The molecular weight excluding hydrogens is 255 g/mol. The summed E-state index contributed by atoms with van der Waals surface area (Å²) >= 11 is 0. The summed E-state index contributed by atoms with van der Waals surface area (Å²) in [5, 5.41) is 18.6. The minimum absolute atomic E-state index is 0.280. The minimum Gasteiger partial charge on any atom is -0.388 e. The van der Waals surface area contributed by atoms with E-state index in [4.69, 9.17) is 0 Å². The molecule has 106 valence electrons. The summed E-state index contributed by atoms with van der Waals surface area (Å²) in [7, 11) is 0. The molecule has 0 amide bonds. The SMILES string of the molecule is CCc1nnc(C)cc1C(O)Cc1cc(F)ccc1C. The molecule has 4 heteroatoms. The summed E-state index contributed by atoms with van der Waals surface area (Å²) in [5.41, 5.74) is 4.13. The van der Waals surface area contributed by atoms with E-state index >= 15 is 0 Å². The highest BCUT2D eigenvalue weighted by Gasteiger charge is 2.16. The van der Waals surface area contributed by atoms with E-state index in [2.05, 4.69) is 10.2 Å². The number of hydrogen-bond donors (Lipinski definition) is 1. The normalized spacial score (nSPS) is 12.4. The van der Waals surface area contributed by atoms with Crippen molar-refractivity contribution in [3.05, 3.63) is 58.2 Å². The Bertz CT molecular complexity index is 613. The molecule has 1 aromatic carbocycles. The van der Waals surface area contributed by atoms with E-state index in [1.54, 1.807) is 6.07 Å². The maximum Gasteiger partial charge on any atom is 0.123 e. The number of nitrogens with zero attached hydrogens (tertiary/aromatic N) is 2. The van der Waals surface area contributed by atoms with Crippen molar-refractivity contribution >= 4 is 0 Å². The molecule has 1 N–H and O–H groups in total. The molecule has 1 unspecified atom stereocenters. The molecule has 3 nitrogen and oxygen atoms in total. The van der Waals surface area contributed by atoms with Crippen molar-refractivity contribution in [1.29, 1.82) is 0 Å². The molecule has 0 spiro atoms. The topological polar surface area (TPSA) is 46.0 Å². The summed E-state index contributed by atoms with van der Waals surface area (Å²) in [5.74, 6) is -0.280. The second-order valence-electron chi connectivity index (χ2n) is 5.03. The van der Waals surface area contributed by atoms with Crippen LogP contribution in [-0.2, 0) is 12.8 Å². The molecule has 1 atom stereocenters. The lowest BCUT2D eigenvalue weighted by atomic mass is 9.96. The first kappa shape index (κ1) is 14.6. The van der Waals surface area contributed by atoms with E-state index in [0.29, 0.717) is 12.8 Å². The van der Waals surface area contributed by atoms with Crippen molar-refractivity contribution in [2.24, 2.45) is 0 Å². The van der Waals surface area contributed by atoms with E-state index in [-0.39, 0.29) is 5.82 Å². The second kappa shape index (κ2) is 6.09. The molecule has 20 heavy (non-hydrogen) atoms. The Labute approximate surface area is 118 Å². The third-order valence-electron chi connectivity index (χ3n) is 3.44. The van der Waals surface area contributed by atoms with Crippen LogP contribution in [0.15, 0.2) is 24.3 Å². The van der Waals surface area contributed by atoms with Gasteiger partial charge in [-0.2, -0.15) is 10.2 Å². The quantitative estimate of drug-likeness (QED) is 0.932. The summed E-state index contributed by atoms with van der Waals surface area (Å²) in [6, 6.07) is 6.49. The van der Waals surface area contributed by atoms with Gasteiger partial charge in [0.05, 0.1) is 17.5 Å². The molecule has 0 saturated heterocycles. The third-order valence-corrected chi connectivity index (χ3v) is 3.44. The van der Waals surface area contributed by atoms with Gasteiger partial charge in [-0.3, -0.25) is 0 Å². The summed E-state index contributed by atoms with van der Waals surface area (Å²) in [6.45, 7) is 5.73. The molecule has 2 rings (SSSR count). The van der Waals surface area contributed by atoms with Crippen molar-refractivity contribution in [3.8, 4) is 0 Å². The van der Waals surface area contributed by atoms with Crippen molar-refractivity contribution < 1.29 is 9.50 Å². The Morgan fingerprint density at radius 1 is 1.20 bits per heavy atom. The van der Waals surface area contributed by atoms with Crippen molar-refractivity contribution in [2.45, 2.75) is 39.7 Å². The first-order valence-electron chi connectivity index (χ1n) is 6.77. The van der Waals surface area contributed by atoms with Gasteiger partial charge in [0, 0.05) is 12.0 Å². The number of aromatic nitrogens is 2. The van der Waals surface area contributed by atoms with Crippen molar-refractivity contribution in [3.63, 3.8) is 0 Å². The van der Waals surface area contributed by atoms with Gasteiger partial charge in [0.15, 0.2) is 0 Å². The molecule has 0 aliphatic heterocycles. The van der Waals surface area contributed by atoms with Gasteiger partial charge < -0.3 is 5.11 Å². The Morgan fingerprint density at radius 3 is 2.65 bits per heavy atom. The smallest absolute Gasteiger partial charge is 0.123 e. The van der Waals surface area contributed by atoms with Crippen LogP contribution in [0.3, 0.4) is 0 Å². The first-order chi connectivity index (χ1) is 9.51. The molecular formula is C16H19FN2O. The second-order valence-corrected chi connectivity index (χ2v) is 5.03. The summed E-state index contributed by atoms with van der Waals surface area (Å²) in [4.78, 5) is 0. The fraction of sp³-hybridized carbons (Fsp3) is 0.375. The highest BCUT2D eigenvalue weighted by atomic mass is 19.1. The Morgan fingerprint density at radius 2 is 1.95 bits per heavy atom. The van der Waals surface area contributed by atoms with Gasteiger partial charge in [-0.05, 0) is 49.6 Å². The van der Waals surface area contributed by atoms with Crippen LogP contribution < -0.4 is 0 Å². The Kier molecular flexibility index (Phi) is 4.45. The zero-order chi connectivity index (χ0) is 14.7. The van der Waals surface area contributed by atoms with Gasteiger partial charge in [-0.25, -0.2) is 4.39 Å². The lowest BCUT2D eigenvalue weighted by molar-refractivity contribution is 0.176. The van der Waals surface area contributed by atoms with Crippen LogP contribution in [0.5, 0.6) is 0 Å². The lowest BCUT2D eigenvalue weighted by Crippen LogP contribution is -2.09. The largest absolute Gasteiger partial charge is 0.388 e. The fourth-order valence-corrected chi connectivity index (χ4v) is 2.28. The molecule has 1 heterocycles. The van der Waals surface area contributed by atoms with Gasteiger partial charge in [0.2, 0.25) is 0 Å². The highest BCUT2D eigenvalue weighted by molar-refractivity contribution is 5.30.